The molecule has 86 valence electrons. The van der Waals surface area contributed by atoms with Gasteiger partial charge in [0.1, 0.15) is 0 Å². The lowest BCUT2D eigenvalue weighted by molar-refractivity contribution is 0.540. The maximum atomic E-state index is 6.09. The Morgan fingerprint density at radius 3 is 2.73 bits per heavy atom. The van der Waals surface area contributed by atoms with E-state index in [2.05, 4.69) is 24.4 Å². The summed E-state index contributed by atoms with van der Waals surface area (Å²) in [6, 6.07) is 4.65. The summed E-state index contributed by atoms with van der Waals surface area (Å²) in [6.45, 7) is 2.25. The average Bonchev–Trinajstić information content (AvgIpc) is 2.70. The number of hydrogen-bond acceptors (Lipinski definition) is 2. The van der Waals surface area contributed by atoms with E-state index in [0.717, 1.165) is 6.42 Å². The number of thiophene rings is 1. The van der Waals surface area contributed by atoms with E-state index in [1.807, 2.05) is 11.3 Å². The number of rotatable bonds is 8. The molecule has 0 aliphatic carbocycles. The summed E-state index contributed by atoms with van der Waals surface area (Å²) in [4.78, 5) is 1.43. The molecule has 0 saturated carbocycles. The Hall–Kier alpha value is -0.340. The van der Waals surface area contributed by atoms with E-state index in [9.17, 15) is 0 Å². The summed E-state index contributed by atoms with van der Waals surface area (Å²) >= 11 is 1.82. The van der Waals surface area contributed by atoms with Gasteiger partial charge in [0.25, 0.3) is 0 Å². The van der Waals surface area contributed by atoms with Crippen molar-refractivity contribution < 1.29 is 0 Å². The van der Waals surface area contributed by atoms with E-state index in [-0.39, 0.29) is 0 Å². The van der Waals surface area contributed by atoms with E-state index < -0.39 is 0 Å². The minimum absolute atomic E-state index is 0.366. The van der Waals surface area contributed by atoms with Gasteiger partial charge < -0.3 is 5.73 Å². The van der Waals surface area contributed by atoms with Gasteiger partial charge in [-0.25, -0.2) is 0 Å². The summed E-state index contributed by atoms with van der Waals surface area (Å²) in [5.41, 5.74) is 6.09. The zero-order chi connectivity index (χ0) is 10.9. The topological polar surface area (TPSA) is 26.0 Å². The van der Waals surface area contributed by atoms with E-state index >= 15 is 0 Å². The van der Waals surface area contributed by atoms with Gasteiger partial charge >= 0.3 is 0 Å². The minimum atomic E-state index is 0.366. The second-order valence-corrected chi connectivity index (χ2v) is 5.28. The quantitative estimate of drug-likeness (QED) is 0.665. The van der Waals surface area contributed by atoms with Crippen molar-refractivity contribution in [2.75, 3.05) is 0 Å². The molecule has 2 heteroatoms. The molecule has 0 fully saturated rings. The lowest BCUT2D eigenvalue weighted by atomic mass is 10.0. The van der Waals surface area contributed by atoms with E-state index in [1.165, 1.54) is 43.4 Å². The molecule has 2 N–H and O–H groups in total. The van der Waals surface area contributed by atoms with Crippen LogP contribution < -0.4 is 5.73 Å². The molecular formula is C13H23NS. The molecule has 15 heavy (non-hydrogen) atoms. The minimum Gasteiger partial charge on any atom is -0.327 e. The van der Waals surface area contributed by atoms with Crippen LogP contribution in [0.3, 0.4) is 0 Å². The zero-order valence-electron chi connectivity index (χ0n) is 9.74. The largest absolute Gasteiger partial charge is 0.327 e. The van der Waals surface area contributed by atoms with Gasteiger partial charge in [-0.2, -0.15) is 0 Å². The third-order valence-corrected chi connectivity index (χ3v) is 3.62. The van der Waals surface area contributed by atoms with E-state index in [1.54, 1.807) is 0 Å². The van der Waals surface area contributed by atoms with Crippen LogP contribution in [0.5, 0.6) is 0 Å². The van der Waals surface area contributed by atoms with Crippen molar-refractivity contribution in [3.05, 3.63) is 22.4 Å². The Morgan fingerprint density at radius 1 is 1.27 bits per heavy atom. The van der Waals surface area contributed by atoms with Gasteiger partial charge in [-0.3, -0.25) is 0 Å². The lowest BCUT2D eigenvalue weighted by Gasteiger charge is -2.09. The predicted molar refractivity (Wildman–Crippen MR) is 69.4 cm³/mol. The highest BCUT2D eigenvalue weighted by atomic mass is 32.1. The van der Waals surface area contributed by atoms with Crippen LogP contribution in [0.4, 0.5) is 0 Å². The standard InChI is InChI=1S/C13H23NS/c1-2-3-4-5-6-8-12(14)11-13-9-7-10-15-13/h7,9-10,12H,2-6,8,11,14H2,1H3. The molecule has 1 nitrogen and oxygen atoms in total. The molecule has 0 radical (unpaired) electrons. The molecule has 1 aromatic rings. The lowest BCUT2D eigenvalue weighted by Crippen LogP contribution is -2.22. The number of hydrogen-bond donors (Lipinski definition) is 1. The van der Waals surface area contributed by atoms with Crippen molar-refractivity contribution in [3.63, 3.8) is 0 Å². The molecule has 1 rings (SSSR count). The molecule has 0 amide bonds. The van der Waals surface area contributed by atoms with E-state index in [4.69, 9.17) is 5.73 Å². The maximum Gasteiger partial charge on any atom is 0.00871 e. The average molecular weight is 225 g/mol. The first kappa shape index (κ1) is 12.7. The van der Waals surface area contributed by atoms with Gasteiger partial charge in [-0.05, 0) is 24.3 Å². The highest BCUT2D eigenvalue weighted by molar-refractivity contribution is 7.09. The first-order valence-electron chi connectivity index (χ1n) is 6.11. The van der Waals surface area contributed by atoms with Crippen LogP contribution >= 0.6 is 11.3 Å². The fourth-order valence-corrected chi connectivity index (χ4v) is 2.60. The molecule has 0 aromatic carbocycles. The molecular weight excluding hydrogens is 202 g/mol. The Balaban J connectivity index is 2.01. The van der Waals surface area contributed by atoms with Crippen molar-refractivity contribution in [1.82, 2.24) is 0 Å². The van der Waals surface area contributed by atoms with Gasteiger partial charge in [0.15, 0.2) is 0 Å². The predicted octanol–water partition coefficient (Wildman–Crippen LogP) is 3.98. The fraction of sp³-hybridized carbons (Fsp3) is 0.692. The monoisotopic (exact) mass is 225 g/mol. The molecule has 0 aliphatic rings. The van der Waals surface area contributed by atoms with Gasteiger partial charge in [-0.15, -0.1) is 11.3 Å². The van der Waals surface area contributed by atoms with Crippen LogP contribution in [-0.2, 0) is 6.42 Å². The smallest absolute Gasteiger partial charge is 0.00871 e. The third kappa shape index (κ3) is 5.95. The zero-order valence-corrected chi connectivity index (χ0v) is 10.6. The van der Waals surface area contributed by atoms with Gasteiger partial charge in [0.2, 0.25) is 0 Å². The highest BCUT2D eigenvalue weighted by Gasteiger charge is 2.04. The molecule has 0 bridgehead atoms. The summed E-state index contributed by atoms with van der Waals surface area (Å²) in [5, 5.41) is 2.13. The van der Waals surface area contributed by atoms with Gasteiger partial charge in [0.05, 0.1) is 0 Å². The highest BCUT2D eigenvalue weighted by Crippen LogP contribution is 2.13. The van der Waals surface area contributed by atoms with Crippen molar-refractivity contribution in [1.29, 1.82) is 0 Å². The second-order valence-electron chi connectivity index (χ2n) is 4.25. The summed E-state index contributed by atoms with van der Waals surface area (Å²) < 4.78 is 0. The van der Waals surface area contributed by atoms with Gasteiger partial charge in [0, 0.05) is 10.9 Å². The van der Waals surface area contributed by atoms with Gasteiger partial charge in [-0.1, -0.05) is 45.1 Å². The molecule has 1 heterocycles. The number of unbranched alkanes of at least 4 members (excludes halogenated alkanes) is 4. The normalized spacial score (nSPS) is 12.9. The summed E-state index contributed by atoms with van der Waals surface area (Å²) in [5.74, 6) is 0. The summed E-state index contributed by atoms with van der Waals surface area (Å²) in [6.07, 6.45) is 8.97. The summed E-state index contributed by atoms with van der Waals surface area (Å²) in [7, 11) is 0. The molecule has 1 unspecified atom stereocenters. The molecule has 1 atom stereocenters. The van der Waals surface area contributed by atoms with Crippen molar-refractivity contribution in [2.24, 2.45) is 5.73 Å². The molecule has 1 aromatic heterocycles. The van der Waals surface area contributed by atoms with Crippen molar-refractivity contribution in [3.8, 4) is 0 Å². The first-order chi connectivity index (χ1) is 7.33. The third-order valence-electron chi connectivity index (χ3n) is 2.72. The van der Waals surface area contributed by atoms with Crippen LogP contribution in [0.15, 0.2) is 17.5 Å². The first-order valence-corrected chi connectivity index (χ1v) is 6.99. The van der Waals surface area contributed by atoms with Crippen molar-refractivity contribution >= 4 is 11.3 Å². The molecule has 0 spiro atoms. The fourth-order valence-electron chi connectivity index (χ4n) is 1.80. The second kappa shape index (κ2) is 7.89. The van der Waals surface area contributed by atoms with Crippen LogP contribution in [0.1, 0.15) is 50.3 Å². The van der Waals surface area contributed by atoms with Crippen LogP contribution in [-0.4, -0.2) is 6.04 Å². The van der Waals surface area contributed by atoms with Crippen LogP contribution in [0.2, 0.25) is 0 Å². The van der Waals surface area contributed by atoms with Crippen LogP contribution in [0.25, 0.3) is 0 Å². The Kier molecular flexibility index (Phi) is 6.69. The maximum absolute atomic E-state index is 6.09. The van der Waals surface area contributed by atoms with Crippen molar-refractivity contribution in [2.45, 2.75) is 57.9 Å². The van der Waals surface area contributed by atoms with Crippen LogP contribution in [0, 0.1) is 0 Å². The molecule has 0 saturated heterocycles. The van der Waals surface area contributed by atoms with E-state index in [0.29, 0.717) is 6.04 Å². The Labute approximate surface area is 97.7 Å². The SMILES string of the molecule is CCCCCCCC(N)Cc1cccs1. The molecule has 0 aliphatic heterocycles. The Morgan fingerprint density at radius 2 is 2.07 bits per heavy atom. The number of nitrogens with two attached hydrogens (primary N) is 1. The Bertz CT molecular complexity index is 231.